The summed E-state index contributed by atoms with van der Waals surface area (Å²) < 4.78 is 22.9. The maximum atomic E-state index is 12.2. The van der Waals surface area contributed by atoms with Crippen molar-refractivity contribution < 1.29 is 18.0 Å². The lowest BCUT2D eigenvalue weighted by atomic mass is 10.1. The molecule has 0 spiro atoms. The monoisotopic (exact) mass is 338 g/mol. The number of hydrogen-bond acceptors (Lipinski definition) is 4. The zero-order valence-electron chi connectivity index (χ0n) is 13.4. The second-order valence-corrected chi connectivity index (χ2v) is 8.08. The minimum absolute atomic E-state index is 0.0489. The van der Waals surface area contributed by atoms with Crippen LogP contribution in [0, 0.1) is 5.92 Å². The van der Waals surface area contributed by atoms with E-state index in [1.807, 2.05) is 31.2 Å². The summed E-state index contributed by atoms with van der Waals surface area (Å²) in [5.41, 5.74) is 1.76. The standard InChI is InChI=1S/C16H22N2O4S/c1-3-12-6-4-5-7-14(12)17-15(19)10-18(2)16(20)13-8-9-23(21,22)11-13/h4-7,13H,3,8-11H2,1-2H3,(H,17,19). The first-order chi connectivity index (χ1) is 10.8. The Labute approximate surface area is 136 Å². The summed E-state index contributed by atoms with van der Waals surface area (Å²) in [6.07, 6.45) is 1.14. The van der Waals surface area contributed by atoms with E-state index in [1.54, 1.807) is 0 Å². The van der Waals surface area contributed by atoms with Gasteiger partial charge in [0.1, 0.15) is 0 Å². The Hall–Kier alpha value is -1.89. The normalized spacial score (nSPS) is 19.3. The van der Waals surface area contributed by atoms with Crippen molar-refractivity contribution >= 4 is 27.3 Å². The Morgan fingerprint density at radius 2 is 2.00 bits per heavy atom. The van der Waals surface area contributed by atoms with Gasteiger partial charge < -0.3 is 10.2 Å². The highest BCUT2D eigenvalue weighted by Crippen LogP contribution is 2.20. The van der Waals surface area contributed by atoms with Crippen LogP contribution in [0.4, 0.5) is 5.69 Å². The molecule has 1 heterocycles. The Morgan fingerprint density at radius 3 is 2.61 bits per heavy atom. The van der Waals surface area contributed by atoms with Crippen LogP contribution in [-0.4, -0.2) is 50.2 Å². The molecular formula is C16H22N2O4S. The molecule has 0 radical (unpaired) electrons. The molecule has 126 valence electrons. The number of nitrogens with one attached hydrogen (secondary N) is 1. The molecule has 1 aliphatic heterocycles. The lowest BCUT2D eigenvalue weighted by Crippen LogP contribution is -2.39. The van der Waals surface area contributed by atoms with E-state index in [0.29, 0.717) is 6.42 Å². The minimum atomic E-state index is -3.11. The fourth-order valence-corrected chi connectivity index (χ4v) is 4.47. The third kappa shape index (κ3) is 4.54. The van der Waals surface area contributed by atoms with Crippen LogP contribution in [0.1, 0.15) is 18.9 Å². The Balaban J connectivity index is 1.93. The maximum Gasteiger partial charge on any atom is 0.243 e. The average molecular weight is 338 g/mol. The van der Waals surface area contributed by atoms with E-state index in [9.17, 15) is 18.0 Å². The molecule has 0 bridgehead atoms. The molecule has 23 heavy (non-hydrogen) atoms. The number of sulfone groups is 1. The van der Waals surface area contributed by atoms with Gasteiger partial charge in [0.25, 0.3) is 0 Å². The molecule has 2 rings (SSSR count). The van der Waals surface area contributed by atoms with E-state index in [1.165, 1.54) is 11.9 Å². The first kappa shape index (κ1) is 17.5. The van der Waals surface area contributed by atoms with Crippen molar-refractivity contribution in [3.05, 3.63) is 29.8 Å². The molecule has 0 aromatic heterocycles. The summed E-state index contributed by atoms with van der Waals surface area (Å²) in [6, 6.07) is 7.51. The molecule has 1 saturated heterocycles. The van der Waals surface area contributed by atoms with Crippen LogP contribution in [0.15, 0.2) is 24.3 Å². The van der Waals surface area contributed by atoms with Gasteiger partial charge >= 0.3 is 0 Å². The Kier molecular flexibility index (Phi) is 5.41. The van der Waals surface area contributed by atoms with Gasteiger partial charge in [0.15, 0.2) is 9.84 Å². The second-order valence-electron chi connectivity index (χ2n) is 5.85. The van der Waals surface area contributed by atoms with Gasteiger partial charge in [0.2, 0.25) is 11.8 Å². The first-order valence-corrected chi connectivity index (χ1v) is 9.47. The fraction of sp³-hybridized carbons (Fsp3) is 0.500. The molecule has 1 atom stereocenters. The van der Waals surface area contributed by atoms with Crippen LogP contribution in [-0.2, 0) is 25.8 Å². The highest BCUT2D eigenvalue weighted by atomic mass is 32.2. The predicted octanol–water partition coefficient (Wildman–Crippen LogP) is 1.08. The van der Waals surface area contributed by atoms with Crippen molar-refractivity contribution in [2.24, 2.45) is 5.92 Å². The van der Waals surface area contributed by atoms with Crippen LogP contribution >= 0.6 is 0 Å². The number of para-hydroxylation sites is 1. The smallest absolute Gasteiger partial charge is 0.243 e. The van der Waals surface area contributed by atoms with Crippen LogP contribution in [0.3, 0.4) is 0 Å². The number of amides is 2. The van der Waals surface area contributed by atoms with Crippen LogP contribution < -0.4 is 5.32 Å². The lowest BCUT2D eigenvalue weighted by molar-refractivity contribution is -0.136. The topological polar surface area (TPSA) is 83.6 Å². The van der Waals surface area contributed by atoms with E-state index in [2.05, 4.69) is 5.32 Å². The zero-order chi connectivity index (χ0) is 17.0. The number of rotatable bonds is 5. The maximum absolute atomic E-state index is 12.2. The fourth-order valence-electron chi connectivity index (χ4n) is 2.74. The van der Waals surface area contributed by atoms with E-state index in [-0.39, 0.29) is 29.9 Å². The summed E-state index contributed by atoms with van der Waals surface area (Å²) in [7, 11) is -1.58. The van der Waals surface area contributed by atoms with Crippen molar-refractivity contribution in [1.29, 1.82) is 0 Å². The molecule has 2 amide bonds. The van der Waals surface area contributed by atoms with Gasteiger partial charge in [-0.25, -0.2) is 8.42 Å². The summed E-state index contributed by atoms with van der Waals surface area (Å²) in [5.74, 6) is -1.17. The number of anilines is 1. The van der Waals surface area contributed by atoms with Gasteiger partial charge in [0.05, 0.1) is 24.0 Å². The van der Waals surface area contributed by atoms with Gasteiger partial charge in [-0.2, -0.15) is 0 Å². The minimum Gasteiger partial charge on any atom is -0.336 e. The first-order valence-electron chi connectivity index (χ1n) is 7.65. The summed E-state index contributed by atoms with van der Waals surface area (Å²) in [5, 5.41) is 2.80. The second kappa shape index (κ2) is 7.12. The van der Waals surface area contributed by atoms with E-state index in [0.717, 1.165) is 17.7 Å². The lowest BCUT2D eigenvalue weighted by Gasteiger charge is -2.20. The summed E-state index contributed by atoms with van der Waals surface area (Å²) in [6.45, 7) is 1.91. The van der Waals surface area contributed by atoms with Crippen LogP contribution in [0.5, 0.6) is 0 Å². The molecule has 1 N–H and O–H groups in total. The number of benzene rings is 1. The molecule has 0 aliphatic carbocycles. The molecule has 1 aliphatic rings. The van der Waals surface area contributed by atoms with Crippen LogP contribution in [0.2, 0.25) is 0 Å². The SMILES string of the molecule is CCc1ccccc1NC(=O)CN(C)C(=O)C1CCS(=O)(=O)C1. The predicted molar refractivity (Wildman–Crippen MR) is 88.8 cm³/mol. The molecule has 7 heteroatoms. The quantitative estimate of drug-likeness (QED) is 0.871. The Bertz CT molecular complexity index is 700. The number of nitrogens with zero attached hydrogens (tertiary/aromatic N) is 1. The molecule has 1 aromatic rings. The van der Waals surface area contributed by atoms with Gasteiger partial charge in [-0.15, -0.1) is 0 Å². The van der Waals surface area contributed by atoms with E-state index >= 15 is 0 Å². The van der Waals surface area contributed by atoms with Crippen molar-refractivity contribution in [2.45, 2.75) is 19.8 Å². The number of aryl methyl sites for hydroxylation is 1. The van der Waals surface area contributed by atoms with Gasteiger partial charge in [-0.05, 0) is 24.5 Å². The van der Waals surface area contributed by atoms with E-state index in [4.69, 9.17) is 0 Å². The van der Waals surface area contributed by atoms with Gasteiger partial charge in [-0.1, -0.05) is 25.1 Å². The third-order valence-corrected chi connectivity index (χ3v) is 5.78. The van der Waals surface area contributed by atoms with Crippen molar-refractivity contribution in [1.82, 2.24) is 4.90 Å². The van der Waals surface area contributed by atoms with E-state index < -0.39 is 15.8 Å². The van der Waals surface area contributed by atoms with Crippen LogP contribution in [0.25, 0.3) is 0 Å². The highest BCUT2D eigenvalue weighted by molar-refractivity contribution is 7.91. The summed E-state index contributed by atoms with van der Waals surface area (Å²) >= 11 is 0. The number of carbonyl (C=O) groups excluding carboxylic acids is 2. The molecule has 0 saturated carbocycles. The van der Waals surface area contributed by atoms with Gasteiger partial charge in [-0.3, -0.25) is 9.59 Å². The highest BCUT2D eigenvalue weighted by Gasteiger charge is 2.34. The number of likely N-dealkylation sites (N-methyl/N-ethyl adjacent to an activating group) is 1. The average Bonchev–Trinajstić information content (AvgIpc) is 2.87. The Morgan fingerprint density at radius 1 is 1.30 bits per heavy atom. The van der Waals surface area contributed by atoms with Crippen molar-refractivity contribution in [2.75, 3.05) is 30.4 Å². The molecule has 6 nitrogen and oxygen atoms in total. The number of hydrogen-bond donors (Lipinski definition) is 1. The molecule has 1 aromatic carbocycles. The van der Waals surface area contributed by atoms with Crippen molar-refractivity contribution in [3.63, 3.8) is 0 Å². The summed E-state index contributed by atoms with van der Waals surface area (Å²) in [4.78, 5) is 25.6. The van der Waals surface area contributed by atoms with Crippen molar-refractivity contribution in [3.8, 4) is 0 Å². The van der Waals surface area contributed by atoms with Gasteiger partial charge in [0, 0.05) is 12.7 Å². The molecular weight excluding hydrogens is 316 g/mol. The number of carbonyl (C=O) groups is 2. The molecule has 1 fully saturated rings. The molecule has 1 unspecified atom stereocenters. The zero-order valence-corrected chi connectivity index (χ0v) is 14.2. The third-order valence-electron chi connectivity index (χ3n) is 4.01. The largest absolute Gasteiger partial charge is 0.336 e.